The molecule has 2 fully saturated rings. The molecule has 6 heteroatoms. The van der Waals surface area contributed by atoms with E-state index < -0.39 is 0 Å². The van der Waals surface area contributed by atoms with Crippen LogP contribution in [0.5, 0.6) is 5.75 Å². The van der Waals surface area contributed by atoms with Crippen LogP contribution in [0.3, 0.4) is 0 Å². The van der Waals surface area contributed by atoms with Crippen molar-refractivity contribution in [3.8, 4) is 5.75 Å². The van der Waals surface area contributed by atoms with E-state index in [0.29, 0.717) is 24.9 Å². The van der Waals surface area contributed by atoms with Gasteiger partial charge in [-0.05, 0) is 56.5 Å². The number of anilines is 2. The third-order valence-electron chi connectivity index (χ3n) is 6.87. The number of nitrogens with zero attached hydrogens (tertiary/aromatic N) is 4. The molecule has 0 bridgehead atoms. The average molecular weight is 445 g/mol. The molecule has 6 nitrogen and oxygen atoms in total. The number of benzene rings is 2. The van der Waals surface area contributed by atoms with E-state index in [1.165, 1.54) is 24.9 Å². The van der Waals surface area contributed by atoms with Gasteiger partial charge in [0.05, 0.1) is 0 Å². The van der Waals surface area contributed by atoms with Crippen molar-refractivity contribution >= 4 is 28.3 Å². The van der Waals surface area contributed by atoms with Gasteiger partial charge in [0.2, 0.25) is 0 Å². The number of piperazine rings is 1. The van der Waals surface area contributed by atoms with Crippen molar-refractivity contribution in [2.45, 2.75) is 32.2 Å². The number of amides is 1. The molecule has 0 aliphatic carbocycles. The molecule has 33 heavy (non-hydrogen) atoms. The number of hydrogen-bond donors (Lipinski definition) is 0. The molecule has 2 aromatic carbocycles. The van der Waals surface area contributed by atoms with E-state index in [2.05, 4.69) is 53.1 Å². The minimum Gasteiger partial charge on any atom is -0.481 e. The number of carbonyl (C=O) groups excluding carboxylic acids is 1. The molecule has 172 valence electrons. The maximum atomic E-state index is 12.9. The predicted molar refractivity (Wildman–Crippen MR) is 133 cm³/mol. The summed E-state index contributed by atoms with van der Waals surface area (Å²) < 4.78 is 6.03. The van der Waals surface area contributed by atoms with Crippen LogP contribution in [-0.2, 0) is 4.79 Å². The molecule has 0 spiro atoms. The molecule has 0 saturated carbocycles. The van der Waals surface area contributed by atoms with Gasteiger partial charge in [0.25, 0.3) is 5.91 Å². The molecule has 1 aromatic heterocycles. The first-order valence-corrected chi connectivity index (χ1v) is 12.1. The van der Waals surface area contributed by atoms with Gasteiger partial charge in [-0.15, -0.1) is 0 Å². The minimum atomic E-state index is 0.0283. The predicted octanol–water partition coefficient (Wildman–Crippen LogP) is 4.34. The zero-order chi connectivity index (χ0) is 22.6. The van der Waals surface area contributed by atoms with Gasteiger partial charge in [0.15, 0.2) is 6.61 Å². The minimum absolute atomic E-state index is 0.0283. The fourth-order valence-electron chi connectivity index (χ4n) is 4.91. The first kappa shape index (κ1) is 21.6. The zero-order valence-corrected chi connectivity index (χ0v) is 19.3. The van der Waals surface area contributed by atoms with Gasteiger partial charge < -0.3 is 19.4 Å². The second kappa shape index (κ2) is 9.69. The van der Waals surface area contributed by atoms with Crippen molar-refractivity contribution in [1.82, 2.24) is 9.88 Å². The summed E-state index contributed by atoms with van der Waals surface area (Å²) in [5, 5.41) is 1.03. The van der Waals surface area contributed by atoms with Gasteiger partial charge in [0, 0.05) is 49.8 Å². The second-order valence-electron chi connectivity index (χ2n) is 9.03. The van der Waals surface area contributed by atoms with Gasteiger partial charge in [0.1, 0.15) is 17.1 Å². The third kappa shape index (κ3) is 4.75. The number of aromatic nitrogens is 1. The molecule has 3 heterocycles. The molecule has 3 aromatic rings. The molecular formula is C27H32N4O2. The van der Waals surface area contributed by atoms with E-state index in [4.69, 9.17) is 9.72 Å². The van der Waals surface area contributed by atoms with Crippen LogP contribution in [-0.4, -0.2) is 61.2 Å². The lowest BCUT2D eigenvalue weighted by Gasteiger charge is -2.36. The van der Waals surface area contributed by atoms with Crippen LogP contribution in [0, 0.1) is 0 Å². The number of hydrogen-bond acceptors (Lipinski definition) is 5. The largest absolute Gasteiger partial charge is 0.481 e. The number of rotatable bonds is 5. The van der Waals surface area contributed by atoms with E-state index in [1.54, 1.807) is 0 Å². The Morgan fingerprint density at radius 1 is 0.939 bits per heavy atom. The van der Waals surface area contributed by atoms with Crippen molar-refractivity contribution in [1.29, 1.82) is 0 Å². The summed E-state index contributed by atoms with van der Waals surface area (Å²) in [4.78, 5) is 24.4. The topological polar surface area (TPSA) is 48.9 Å². The Balaban J connectivity index is 1.24. The van der Waals surface area contributed by atoms with Gasteiger partial charge in [-0.2, -0.15) is 0 Å². The summed E-state index contributed by atoms with van der Waals surface area (Å²) in [7, 11) is 0. The van der Waals surface area contributed by atoms with Crippen LogP contribution >= 0.6 is 0 Å². The number of piperidine rings is 1. The lowest BCUT2D eigenvalue weighted by atomic mass is 10.0. The third-order valence-corrected chi connectivity index (χ3v) is 6.87. The van der Waals surface area contributed by atoms with Crippen LogP contribution in [0.25, 0.3) is 10.9 Å². The number of pyridine rings is 1. The summed E-state index contributed by atoms with van der Waals surface area (Å²) in [6.45, 7) is 6.44. The van der Waals surface area contributed by atoms with Crippen LogP contribution in [0.15, 0.2) is 60.7 Å². The maximum absolute atomic E-state index is 12.9. The van der Waals surface area contributed by atoms with Crippen molar-refractivity contribution in [2.24, 2.45) is 0 Å². The lowest BCUT2D eigenvalue weighted by molar-refractivity contribution is -0.133. The van der Waals surface area contributed by atoms with E-state index in [9.17, 15) is 4.79 Å². The second-order valence-corrected chi connectivity index (χ2v) is 9.03. The zero-order valence-electron chi connectivity index (χ0n) is 19.3. The highest BCUT2D eigenvalue weighted by Crippen LogP contribution is 2.29. The molecule has 1 amide bonds. The first-order valence-electron chi connectivity index (χ1n) is 12.1. The Kier molecular flexibility index (Phi) is 6.33. The number of ether oxygens (including phenoxy) is 1. The van der Waals surface area contributed by atoms with Gasteiger partial charge in [-0.1, -0.05) is 30.3 Å². The molecule has 1 unspecified atom stereocenters. The Morgan fingerprint density at radius 2 is 1.76 bits per heavy atom. The summed E-state index contributed by atoms with van der Waals surface area (Å²) in [6.07, 6.45) is 3.68. The van der Waals surface area contributed by atoms with Gasteiger partial charge in [-0.3, -0.25) is 4.79 Å². The van der Waals surface area contributed by atoms with E-state index >= 15 is 0 Å². The van der Waals surface area contributed by atoms with E-state index in [-0.39, 0.29) is 12.5 Å². The number of carbonyl (C=O) groups is 1. The summed E-state index contributed by atoms with van der Waals surface area (Å²) in [6, 6.07) is 21.0. The molecular weight excluding hydrogens is 412 g/mol. The van der Waals surface area contributed by atoms with Crippen LogP contribution in [0.1, 0.15) is 26.2 Å². The normalized spacial score (nSPS) is 19.1. The lowest BCUT2D eigenvalue weighted by Crippen LogP contribution is -2.50. The number of para-hydroxylation sites is 2. The fourth-order valence-corrected chi connectivity index (χ4v) is 4.91. The molecule has 5 rings (SSSR count). The maximum Gasteiger partial charge on any atom is 0.260 e. The van der Waals surface area contributed by atoms with Crippen molar-refractivity contribution in [3.63, 3.8) is 0 Å². The SMILES string of the molecule is CC1CCCCN1c1ccc2cccc(OCC(=O)N3CCN(c4ccccc4)CC3)c2n1. The van der Waals surface area contributed by atoms with E-state index in [0.717, 1.165) is 36.4 Å². The van der Waals surface area contributed by atoms with E-state index in [1.807, 2.05) is 29.2 Å². The molecule has 2 aliphatic heterocycles. The smallest absolute Gasteiger partial charge is 0.260 e. The molecule has 0 radical (unpaired) electrons. The van der Waals surface area contributed by atoms with Crippen LogP contribution in [0.4, 0.5) is 11.5 Å². The molecule has 1 atom stereocenters. The highest BCUT2D eigenvalue weighted by atomic mass is 16.5. The Labute approximate surface area is 195 Å². The summed E-state index contributed by atoms with van der Waals surface area (Å²) >= 11 is 0. The van der Waals surface area contributed by atoms with Crippen LogP contribution in [0.2, 0.25) is 0 Å². The van der Waals surface area contributed by atoms with Crippen LogP contribution < -0.4 is 14.5 Å². The molecule has 2 saturated heterocycles. The van der Waals surface area contributed by atoms with Crippen molar-refractivity contribution < 1.29 is 9.53 Å². The Morgan fingerprint density at radius 3 is 2.55 bits per heavy atom. The monoisotopic (exact) mass is 444 g/mol. The van der Waals surface area contributed by atoms with Crippen molar-refractivity contribution in [2.75, 3.05) is 49.1 Å². The quantitative estimate of drug-likeness (QED) is 0.586. The standard InChI is InChI=1S/C27H32N4O2/c1-21-8-5-6-15-31(21)25-14-13-22-9-7-12-24(27(22)28-25)33-20-26(32)30-18-16-29(17-19-30)23-10-3-2-4-11-23/h2-4,7,9-14,21H,5-6,8,15-20H2,1H3. The highest BCUT2D eigenvalue weighted by molar-refractivity contribution is 5.86. The number of fused-ring (bicyclic) bond motifs is 1. The molecule has 0 N–H and O–H groups in total. The average Bonchev–Trinajstić information content (AvgIpc) is 2.88. The van der Waals surface area contributed by atoms with Gasteiger partial charge in [-0.25, -0.2) is 4.98 Å². The Hall–Kier alpha value is -3.28. The summed E-state index contributed by atoms with van der Waals surface area (Å²) in [5.74, 6) is 1.70. The highest BCUT2D eigenvalue weighted by Gasteiger charge is 2.23. The fraction of sp³-hybridized carbons (Fsp3) is 0.407. The Bertz CT molecular complexity index is 1100. The molecule has 2 aliphatic rings. The van der Waals surface area contributed by atoms with Crippen molar-refractivity contribution in [3.05, 3.63) is 60.7 Å². The first-order chi connectivity index (χ1) is 16.2. The van der Waals surface area contributed by atoms with Gasteiger partial charge >= 0.3 is 0 Å². The summed E-state index contributed by atoms with van der Waals surface area (Å²) in [5.41, 5.74) is 2.04.